The first-order valence-corrected chi connectivity index (χ1v) is 12.5. The van der Waals surface area contributed by atoms with Gasteiger partial charge in [0.25, 0.3) is 0 Å². The number of phenols is 2. The fraction of sp³-hybridized carbons (Fsp3) is 0.650. The smallest absolute Gasteiger partial charge is 0.339 e. The van der Waals surface area contributed by atoms with E-state index in [4.69, 9.17) is 14.2 Å². The number of sulfonamides is 1. The van der Waals surface area contributed by atoms with Crippen LogP contribution in [0.15, 0.2) is 0 Å². The zero-order valence-electron chi connectivity index (χ0n) is 18.6. The highest BCUT2D eigenvalue weighted by Crippen LogP contribution is 2.52. The number of benzene rings is 1. The van der Waals surface area contributed by atoms with Crippen LogP contribution in [0, 0.1) is 0 Å². The Labute approximate surface area is 195 Å². The number of ether oxygens (including phenoxy) is 3. The van der Waals surface area contributed by atoms with E-state index in [0.717, 1.165) is 6.26 Å². The van der Waals surface area contributed by atoms with Crippen molar-refractivity contribution >= 4 is 16.0 Å². The fourth-order valence-corrected chi connectivity index (χ4v) is 5.53. The first kappa shape index (κ1) is 24.9. The summed E-state index contributed by atoms with van der Waals surface area (Å²) in [5.41, 5.74) is -0.196. The van der Waals surface area contributed by atoms with Gasteiger partial charge in [-0.2, -0.15) is 4.31 Å². The molecule has 1 aromatic rings. The van der Waals surface area contributed by atoms with Crippen LogP contribution in [0.5, 0.6) is 17.2 Å². The largest absolute Gasteiger partial charge is 0.504 e. The molecule has 2 saturated heterocycles. The maximum absolute atomic E-state index is 13.0. The van der Waals surface area contributed by atoms with Crippen molar-refractivity contribution in [3.8, 4) is 17.2 Å². The number of aromatic hydroxyl groups is 2. The zero-order chi connectivity index (χ0) is 24.9. The number of fused-ring (bicyclic) bond motifs is 3. The van der Waals surface area contributed by atoms with E-state index in [1.165, 1.54) is 11.4 Å². The number of methoxy groups -OCH3 is 1. The molecule has 2 unspecified atom stereocenters. The summed E-state index contributed by atoms with van der Waals surface area (Å²) in [6, 6.07) is 0. The molecule has 13 nitrogen and oxygen atoms in total. The van der Waals surface area contributed by atoms with Gasteiger partial charge in [-0.05, 0) is 0 Å². The van der Waals surface area contributed by atoms with Crippen LogP contribution in [0.2, 0.25) is 0 Å². The third kappa shape index (κ3) is 4.08. The molecule has 190 valence electrons. The summed E-state index contributed by atoms with van der Waals surface area (Å²) in [5, 5.41) is 51.9. The van der Waals surface area contributed by atoms with Gasteiger partial charge in [-0.3, -0.25) is 4.90 Å². The highest BCUT2D eigenvalue weighted by atomic mass is 32.2. The molecule has 2 fully saturated rings. The fourth-order valence-electron chi connectivity index (χ4n) is 4.71. The number of rotatable bonds is 5. The lowest BCUT2D eigenvalue weighted by Crippen LogP contribution is -2.58. The molecule has 5 N–H and O–H groups in total. The third-order valence-corrected chi connectivity index (χ3v) is 7.83. The summed E-state index contributed by atoms with van der Waals surface area (Å²) in [4.78, 5) is 14.8. The first-order chi connectivity index (χ1) is 16.0. The van der Waals surface area contributed by atoms with Crippen LogP contribution in [-0.2, 0) is 26.0 Å². The minimum absolute atomic E-state index is 0.00347. The Hall–Kier alpha value is -2.20. The first-order valence-electron chi connectivity index (χ1n) is 10.6. The van der Waals surface area contributed by atoms with Gasteiger partial charge in [-0.15, -0.1) is 0 Å². The topological polar surface area (TPSA) is 187 Å². The average Bonchev–Trinajstić information content (AvgIpc) is 2.79. The Bertz CT molecular complexity index is 1070. The molecular weight excluding hydrogens is 476 g/mol. The standard InChI is InChI=1S/C20H28N2O11S/c1-31-18-13(24)9(7-21-3-5-22(6-4-21)34(2,29)30)11-12(15(18)26)17-19(33-20(11)28)16(27)14(25)10(8-23)32-17/h10,14,16-17,19,23-27H,3-8H2,1-2H3/t10-,14-,16+,17?,19?/m0/s1. The molecule has 0 aliphatic carbocycles. The summed E-state index contributed by atoms with van der Waals surface area (Å²) in [6.07, 6.45) is -5.85. The minimum atomic E-state index is -3.35. The van der Waals surface area contributed by atoms with Gasteiger partial charge in [0.2, 0.25) is 15.8 Å². The maximum Gasteiger partial charge on any atom is 0.339 e. The van der Waals surface area contributed by atoms with E-state index in [9.17, 15) is 38.7 Å². The number of nitrogens with zero attached hydrogens (tertiary/aromatic N) is 2. The van der Waals surface area contributed by atoms with E-state index < -0.39 is 64.6 Å². The van der Waals surface area contributed by atoms with E-state index in [2.05, 4.69) is 0 Å². The van der Waals surface area contributed by atoms with Crippen LogP contribution in [0.1, 0.15) is 27.6 Å². The maximum atomic E-state index is 13.0. The van der Waals surface area contributed by atoms with Crippen LogP contribution >= 0.6 is 0 Å². The number of phenolic OH excluding ortho intramolecular Hbond substituents is 2. The second-order valence-corrected chi connectivity index (χ2v) is 10.5. The molecule has 0 saturated carbocycles. The highest BCUT2D eigenvalue weighted by molar-refractivity contribution is 7.88. The van der Waals surface area contributed by atoms with E-state index in [-0.39, 0.29) is 42.1 Å². The van der Waals surface area contributed by atoms with E-state index >= 15 is 0 Å². The molecule has 0 spiro atoms. The molecule has 14 heteroatoms. The highest BCUT2D eigenvalue weighted by Gasteiger charge is 2.53. The van der Waals surface area contributed by atoms with Crippen molar-refractivity contribution in [1.29, 1.82) is 0 Å². The van der Waals surface area contributed by atoms with Crippen LogP contribution in [0.4, 0.5) is 0 Å². The summed E-state index contributed by atoms with van der Waals surface area (Å²) >= 11 is 0. The Morgan fingerprint density at radius 1 is 1.09 bits per heavy atom. The van der Waals surface area contributed by atoms with Crippen molar-refractivity contribution in [3.05, 3.63) is 16.7 Å². The van der Waals surface area contributed by atoms with Crippen molar-refractivity contribution in [1.82, 2.24) is 9.21 Å². The van der Waals surface area contributed by atoms with Gasteiger partial charge >= 0.3 is 5.97 Å². The van der Waals surface area contributed by atoms with Gasteiger partial charge in [0.1, 0.15) is 24.4 Å². The Morgan fingerprint density at radius 3 is 2.29 bits per heavy atom. The number of carbonyl (C=O) groups excluding carboxylic acids is 1. The molecular formula is C20H28N2O11S. The quantitative estimate of drug-likeness (QED) is 0.275. The molecule has 0 amide bonds. The third-order valence-electron chi connectivity index (χ3n) is 6.53. The van der Waals surface area contributed by atoms with Crippen molar-refractivity contribution in [2.24, 2.45) is 0 Å². The molecule has 34 heavy (non-hydrogen) atoms. The molecule has 5 atom stereocenters. The molecule has 3 aliphatic heterocycles. The van der Waals surface area contributed by atoms with Crippen molar-refractivity contribution in [2.75, 3.05) is 46.2 Å². The van der Waals surface area contributed by atoms with Gasteiger partial charge in [-0.1, -0.05) is 0 Å². The normalized spacial score (nSPS) is 30.4. The van der Waals surface area contributed by atoms with Gasteiger partial charge in [0.15, 0.2) is 17.6 Å². The van der Waals surface area contributed by atoms with Crippen molar-refractivity contribution in [3.63, 3.8) is 0 Å². The number of aliphatic hydroxyl groups is 3. The lowest BCUT2D eigenvalue weighted by atomic mass is 9.84. The Morgan fingerprint density at radius 2 is 1.74 bits per heavy atom. The lowest BCUT2D eigenvalue weighted by molar-refractivity contribution is -0.235. The molecule has 3 aliphatic rings. The van der Waals surface area contributed by atoms with Crippen molar-refractivity contribution in [2.45, 2.75) is 37.1 Å². The van der Waals surface area contributed by atoms with E-state index in [1.807, 2.05) is 4.90 Å². The lowest BCUT2D eigenvalue weighted by Gasteiger charge is -2.45. The minimum Gasteiger partial charge on any atom is -0.504 e. The molecule has 0 radical (unpaired) electrons. The van der Waals surface area contributed by atoms with E-state index in [1.54, 1.807) is 0 Å². The van der Waals surface area contributed by atoms with Crippen LogP contribution in [0.3, 0.4) is 0 Å². The number of hydrogen-bond acceptors (Lipinski definition) is 12. The second kappa shape index (κ2) is 9.11. The number of carbonyl (C=O) groups is 1. The molecule has 0 aromatic heterocycles. The summed E-state index contributed by atoms with van der Waals surface area (Å²) in [6.45, 7) is 0.440. The summed E-state index contributed by atoms with van der Waals surface area (Å²) in [5.74, 6) is -2.35. The van der Waals surface area contributed by atoms with Gasteiger partial charge in [0.05, 0.1) is 25.5 Å². The van der Waals surface area contributed by atoms with E-state index in [0.29, 0.717) is 13.1 Å². The predicted octanol–water partition coefficient (Wildman–Crippen LogP) is -2.12. The molecule has 4 rings (SSSR count). The second-order valence-electron chi connectivity index (χ2n) is 8.56. The number of hydrogen-bond donors (Lipinski definition) is 5. The van der Waals surface area contributed by atoms with Crippen LogP contribution in [0.25, 0.3) is 0 Å². The Kier molecular flexibility index (Phi) is 6.67. The number of aliphatic hydroxyl groups excluding tert-OH is 3. The Balaban J connectivity index is 1.75. The van der Waals surface area contributed by atoms with Gasteiger partial charge < -0.3 is 39.7 Å². The molecule has 0 bridgehead atoms. The van der Waals surface area contributed by atoms with Crippen LogP contribution in [-0.4, -0.2) is 120 Å². The van der Waals surface area contributed by atoms with Crippen LogP contribution < -0.4 is 4.74 Å². The monoisotopic (exact) mass is 504 g/mol. The molecule has 1 aromatic carbocycles. The SMILES string of the molecule is COc1c(O)c(CN2CCN(S(C)(=O)=O)CC2)c2c(c1O)C1O[C@@H](CO)[C@H](O)[C@@H](O)C1OC2=O. The van der Waals surface area contributed by atoms with Crippen molar-refractivity contribution < 1.29 is 53.0 Å². The summed E-state index contributed by atoms with van der Waals surface area (Å²) in [7, 11) is -2.14. The summed E-state index contributed by atoms with van der Waals surface area (Å²) < 4.78 is 41.1. The van der Waals surface area contributed by atoms with Gasteiger partial charge in [0, 0.05) is 43.9 Å². The molecule has 3 heterocycles. The van der Waals surface area contributed by atoms with Gasteiger partial charge in [-0.25, -0.2) is 13.2 Å². The number of piperazine rings is 1. The predicted molar refractivity (Wildman–Crippen MR) is 114 cm³/mol. The number of esters is 1. The average molecular weight is 505 g/mol. The zero-order valence-corrected chi connectivity index (χ0v) is 19.4.